The predicted octanol–water partition coefficient (Wildman–Crippen LogP) is 2.61. The van der Waals surface area contributed by atoms with Crippen molar-refractivity contribution < 1.29 is 0 Å². The number of aromatic nitrogens is 2. The van der Waals surface area contributed by atoms with Gasteiger partial charge in [-0.25, -0.2) is 4.98 Å². The fourth-order valence-corrected chi connectivity index (χ4v) is 0.919. The number of nitrogens with zero attached hydrogens (tertiary/aromatic N) is 2. The summed E-state index contributed by atoms with van der Waals surface area (Å²) in [6.45, 7) is 8.32. The van der Waals surface area contributed by atoms with E-state index >= 15 is 0 Å². The molecule has 2 heteroatoms. The average molecular weight is 188 g/mol. The first-order valence-electron chi connectivity index (χ1n) is 4.93. The minimum Gasteiger partial charge on any atom is -0.256 e. The molecule has 0 N–H and O–H groups in total. The summed E-state index contributed by atoms with van der Waals surface area (Å²) in [4.78, 5) is 8.53. The Bertz CT molecular complexity index is 339. The Kier molecular flexibility index (Phi) is 3.64. The molecule has 1 rings (SSSR count). The molecular weight excluding hydrogens is 172 g/mol. The van der Waals surface area contributed by atoms with Crippen LogP contribution in [0, 0.1) is 17.8 Å². The normalized spacial score (nSPS) is 10.1. The van der Waals surface area contributed by atoms with Crippen LogP contribution in [0.3, 0.4) is 0 Å². The highest BCUT2D eigenvalue weighted by atomic mass is 14.8. The monoisotopic (exact) mass is 188 g/mol. The van der Waals surface area contributed by atoms with Crippen molar-refractivity contribution in [3.05, 3.63) is 23.8 Å². The third kappa shape index (κ3) is 3.18. The highest BCUT2D eigenvalue weighted by Gasteiger charge is 1.99. The van der Waals surface area contributed by atoms with Gasteiger partial charge in [0.25, 0.3) is 0 Å². The molecule has 0 fully saturated rings. The van der Waals surface area contributed by atoms with Crippen molar-refractivity contribution in [2.45, 2.75) is 33.6 Å². The summed E-state index contributed by atoms with van der Waals surface area (Å²) in [5, 5.41) is 0. The van der Waals surface area contributed by atoms with Gasteiger partial charge in [-0.2, -0.15) is 0 Å². The van der Waals surface area contributed by atoms with E-state index in [1.54, 1.807) is 12.4 Å². The molecule has 74 valence electrons. The molecule has 1 heterocycles. The van der Waals surface area contributed by atoms with Crippen LogP contribution in [0.4, 0.5) is 0 Å². The van der Waals surface area contributed by atoms with Gasteiger partial charge in [-0.1, -0.05) is 33.6 Å². The number of hydrogen-bond acceptors (Lipinski definition) is 2. The lowest BCUT2D eigenvalue weighted by atomic mass is 10.1. The van der Waals surface area contributed by atoms with E-state index in [0.29, 0.717) is 11.8 Å². The maximum absolute atomic E-state index is 4.29. The van der Waals surface area contributed by atoms with Gasteiger partial charge in [0.05, 0.1) is 18.1 Å². The van der Waals surface area contributed by atoms with E-state index in [-0.39, 0.29) is 0 Å². The molecule has 0 saturated carbocycles. The molecule has 0 aliphatic heterocycles. The number of hydrogen-bond donors (Lipinski definition) is 0. The van der Waals surface area contributed by atoms with Crippen molar-refractivity contribution in [3.8, 4) is 11.8 Å². The van der Waals surface area contributed by atoms with Crippen molar-refractivity contribution in [2.75, 3.05) is 0 Å². The lowest BCUT2D eigenvalue weighted by molar-refractivity contribution is 0.810. The molecular formula is C12H16N2. The predicted molar refractivity (Wildman–Crippen MR) is 57.8 cm³/mol. The molecule has 1 aromatic rings. The van der Waals surface area contributed by atoms with Crippen LogP contribution >= 0.6 is 0 Å². The zero-order valence-electron chi connectivity index (χ0n) is 9.20. The maximum atomic E-state index is 4.29. The number of rotatable bonds is 1. The highest BCUT2D eigenvalue weighted by Crippen LogP contribution is 2.08. The first-order valence-corrected chi connectivity index (χ1v) is 4.93. The van der Waals surface area contributed by atoms with Gasteiger partial charge in [0.1, 0.15) is 5.69 Å². The van der Waals surface area contributed by atoms with Crippen molar-refractivity contribution in [3.63, 3.8) is 0 Å². The molecule has 0 bridgehead atoms. The Morgan fingerprint density at radius 1 is 1.07 bits per heavy atom. The van der Waals surface area contributed by atoms with Gasteiger partial charge in [-0.3, -0.25) is 4.98 Å². The van der Waals surface area contributed by atoms with E-state index in [9.17, 15) is 0 Å². The zero-order valence-corrected chi connectivity index (χ0v) is 9.20. The van der Waals surface area contributed by atoms with Crippen LogP contribution in [0.2, 0.25) is 0 Å². The zero-order chi connectivity index (χ0) is 10.6. The third-order valence-corrected chi connectivity index (χ3v) is 1.75. The summed E-state index contributed by atoms with van der Waals surface area (Å²) in [7, 11) is 0. The molecule has 0 aliphatic rings. The molecule has 0 aliphatic carbocycles. The molecule has 0 saturated heterocycles. The molecule has 0 radical (unpaired) electrons. The van der Waals surface area contributed by atoms with E-state index in [2.05, 4.69) is 49.5 Å². The lowest BCUT2D eigenvalue weighted by Crippen LogP contribution is -1.95. The largest absolute Gasteiger partial charge is 0.256 e. The van der Waals surface area contributed by atoms with E-state index in [0.717, 1.165) is 11.4 Å². The van der Waals surface area contributed by atoms with Gasteiger partial charge in [-0.15, -0.1) is 0 Å². The Hall–Kier alpha value is -1.36. The maximum Gasteiger partial charge on any atom is 0.131 e. The third-order valence-electron chi connectivity index (χ3n) is 1.75. The molecule has 0 unspecified atom stereocenters. The fraction of sp³-hybridized carbons (Fsp3) is 0.500. The summed E-state index contributed by atoms with van der Waals surface area (Å²) in [6, 6.07) is 0. The minimum atomic E-state index is 0.376. The van der Waals surface area contributed by atoms with Gasteiger partial charge < -0.3 is 0 Å². The molecule has 0 spiro atoms. The van der Waals surface area contributed by atoms with Gasteiger partial charge >= 0.3 is 0 Å². The Labute approximate surface area is 85.8 Å². The summed E-state index contributed by atoms with van der Waals surface area (Å²) in [5.74, 6) is 6.85. The molecule has 14 heavy (non-hydrogen) atoms. The molecule has 0 amide bonds. The summed E-state index contributed by atoms with van der Waals surface area (Å²) >= 11 is 0. The summed E-state index contributed by atoms with van der Waals surface area (Å²) in [6.07, 6.45) is 3.54. The second kappa shape index (κ2) is 4.76. The van der Waals surface area contributed by atoms with Crippen molar-refractivity contribution in [2.24, 2.45) is 5.92 Å². The molecule has 2 nitrogen and oxygen atoms in total. The lowest BCUT2D eigenvalue weighted by Gasteiger charge is -2.01. The second-order valence-electron chi connectivity index (χ2n) is 3.91. The topological polar surface area (TPSA) is 25.8 Å². The Morgan fingerprint density at radius 3 is 2.21 bits per heavy atom. The fourth-order valence-electron chi connectivity index (χ4n) is 0.919. The van der Waals surface area contributed by atoms with Gasteiger partial charge in [0.2, 0.25) is 0 Å². The van der Waals surface area contributed by atoms with E-state index in [1.807, 2.05) is 0 Å². The standard InChI is InChI=1S/C12H16N2/c1-9(2)5-6-11-7-14-12(8-13-11)10(3)4/h7-10H,1-4H3. The van der Waals surface area contributed by atoms with Crippen molar-refractivity contribution in [1.82, 2.24) is 9.97 Å². The van der Waals surface area contributed by atoms with Gasteiger partial charge in [-0.05, 0) is 11.8 Å². The van der Waals surface area contributed by atoms with Gasteiger partial charge in [0, 0.05) is 5.92 Å². The van der Waals surface area contributed by atoms with Crippen LogP contribution in [-0.4, -0.2) is 9.97 Å². The van der Waals surface area contributed by atoms with Crippen molar-refractivity contribution in [1.29, 1.82) is 0 Å². The highest BCUT2D eigenvalue weighted by molar-refractivity contribution is 5.25. The molecule has 0 atom stereocenters. The summed E-state index contributed by atoms with van der Waals surface area (Å²) < 4.78 is 0. The SMILES string of the molecule is CC(C)C#Cc1cnc(C(C)C)cn1. The van der Waals surface area contributed by atoms with Crippen LogP contribution in [0.5, 0.6) is 0 Å². The molecule has 1 aromatic heterocycles. The van der Waals surface area contributed by atoms with Crippen LogP contribution in [0.15, 0.2) is 12.4 Å². The Morgan fingerprint density at radius 2 is 1.79 bits per heavy atom. The first-order chi connectivity index (χ1) is 6.59. The average Bonchev–Trinajstić information content (AvgIpc) is 2.15. The van der Waals surface area contributed by atoms with E-state index in [1.165, 1.54) is 0 Å². The molecule has 0 aromatic carbocycles. The van der Waals surface area contributed by atoms with Crippen LogP contribution in [0.1, 0.15) is 45.0 Å². The van der Waals surface area contributed by atoms with Gasteiger partial charge in [0.15, 0.2) is 0 Å². The first kappa shape index (κ1) is 10.7. The summed E-state index contributed by atoms with van der Waals surface area (Å²) in [5.41, 5.74) is 1.77. The minimum absolute atomic E-state index is 0.376. The van der Waals surface area contributed by atoms with Crippen LogP contribution in [0.25, 0.3) is 0 Å². The Balaban J connectivity index is 2.80. The second-order valence-corrected chi connectivity index (χ2v) is 3.91. The van der Waals surface area contributed by atoms with E-state index < -0.39 is 0 Å². The van der Waals surface area contributed by atoms with Crippen molar-refractivity contribution >= 4 is 0 Å². The smallest absolute Gasteiger partial charge is 0.131 e. The van der Waals surface area contributed by atoms with E-state index in [4.69, 9.17) is 0 Å². The van der Waals surface area contributed by atoms with Crippen LogP contribution < -0.4 is 0 Å². The van der Waals surface area contributed by atoms with Crippen LogP contribution in [-0.2, 0) is 0 Å². The quantitative estimate of drug-likeness (QED) is 0.633.